The normalized spacial score (nSPS) is 10.9. The number of rotatable bonds is 10. The molecule has 3 aromatic rings. The zero-order chi connectivity index (χ0) is 23.3. The number of methoxy groups -OCH3 is 1. The largest absolute Gasteiger partial charge is 0.466 e. The fraction of sp³-hybridized carbons (Fsp3) is 0.304. The molecular weight excluding hydrogens is 485 g/mol. The SMILES string of the molecule is CCOC(=O)Cc1cccc(N(C)CC(=O)c2cc(Br)c3occc3c2F)c1OCOC. The van der Waals surface area contributed by atoms with E-state index < -0.39 is 17.6 Å². The van der Waals surface area contributed by atoms with Crippen LogP contribution in [0.15, 0.2) is 45.5 Å². The predicted molar refractivity (Wildman–Crippen MR) is 121 cm³/mol. The molecule has 7 nitrogen and oxygen atoms in total. The summed E-state index contributed by atoms with van der Waals surface area (Å²) >= 11 is 3.32. The van der Waals surface area contributed by atoms with Crippen molar-refractivity contribution >= 4 is 44.3 Å². The Kier molecular flexibility index (Phi) is 7.87. The van der Waals surface area contributed by atoms with Crippen molar-refractivity contribution in [1.82, 2.24) is 0 Å². The second-order valence-electron chi connectivity index (χ2n) is 6.96. The van der Waals surface area contributed by atoms with E-state index in [-0.39, 0.29) is 37.3 Å². The van der Waals surface area contributed by atoms with Crippen molar-refractivity contribution in [3.63, 3.8) is 0 Å². The molecule has 0 spiro atoms. The highest BCUT2D eigenvalue weighted by molar-refractivity contribution is 9.10. The maximum atomic E-state index is 14.9. The van der Waals surface area contributed by atoms with E-state index in [4.69, 9.17) is 18.6 Å². The Morgan fingerprint density at radius 2 is 2.03 bits per heavy atom. The third-order valence-corrected chi connectivity index (χ3v) is 5.34. The number of Topliss-reactive ketones (excluding diaryl/α,β-unsaturated/α-hetero) is 1. The fourth-order valence-electron chi connectivity index (χ4n) is 3.32. The standard InChI is InChI=1S/C23H23BrFNO6/c1-4-30-20(28)10-14-6-5-7-18(22(14)32-13-29-3)26(2)12-19(27)16-11-17(24)23-15(21(16)25)8-9-31-23/h5-9,11H,4,10,12-13H2,1-3H3. The van der Waals surface area contributed by atoms with E-state index in [1.54, 1.807) is 37.1 Å². The maximum absolute atomic E-state index is 14.9. The molecule has 0 atom stereocenters. The first-order valence-corrected chi connectivity index (χ1v) is 10.6. The Hall–Kier alpha value is -2.91. The monoisotopic (exact) mass is 507 g/mol. The lowest BCUT2D eigenvalue weighted by Gasteiger charge is -2.23. The van der Waals surface area contributed by atoms with Gasteiger partial charge in [-0.3, -0.25) is 9.59 Å². The van der Waals surface area contributed by atoms with Crippen molar-refractivity contribution in [1.29, 1.82) is 0 Å². The van der Waals surface area contributed by atoms with Gasteiger partial charge in [0.15, 0.2) is 18.2 Å². The summed E-state index contributed by atoms with van der Waals surface area (Å²) in [5.41, 5.74) is 1.43. The average Bonchev–Trinajstić information content (AvgIpc) is 3.26. The molecule has 0 aliphatic heterocycles. The average molecular weight is 508 g/mol. The zero-order valence-corrected chi connectivity index (χ0v) is 19.5. The summed E-state index contributed by atoms with van der Waals surface area (Å²) in [7, 11) is 3.16. The summed E-state index contributed by atoms with van der Waals surface area (Å²) in [5, 5.41) is 0.228. The first-order chi connectivity index (χ1) is 15.4. The highest BCUT2D eigenvalue weighted by Crippen LogP contribution is 2.34. The topological polar surface area (TPSA) is 78.2 Å². The van der Waals surface area contributed by atoms with Gasteiger partial charge in [0.25, 0.3) is 0 Å². The zero-order valence-electron chi connectivity index (χ0n) is 17.9. The quantitative estimate of drug-likeness (QED) is 0.222. The summed E-state index contributed by atoms with van der Waals surface area (Å²) in [6.07, 6.45) is 1.37. The van der Waals surface area contributed by atoms with Crippen LogP contribution in [0, 0.1) is 5.82 Å². The third-order valence-electron chi connectivity index (χ3n) is 4.76. The molecule has 0 saturated carbocycles. The molecule has 1 aromatic heterocycles. The number of furan rings is 1. The van der Waals surface area contributed by atoms with Crippen LogP contribution in [0.3, 0.4) is 0 Å². The Balaban J connectivity index is 1.89. The molecule has 0 aliphatic carbocycles. The number of hydrogen-bond acceptors (Lipinski definition) is 7. The Morgan fingerprint density at radius 3 is 2.75 bits per heavy atom. The Morgan fingerprint density at radius 1 is 1.25 bits per heavy atom. The number of anilines is 1. The molecular formula is C23H23BrFNO6. The van der Waals surface area contributed by atoms with Gasteiger partial charge in [0, 0.05) is 19.7 Å². The fourth-order valence-corrected chi connectivity index (χ4v) is 3.86. The number of esters is 1. The van der Waals surface area contributed by atoms with Crippen molar-refractivity contribution in [2.24, 2.45) is 0 Å². The number of carbonyl (C=O) groups excluding carboxylic acids is 2. The Bertz CT molecular complexity index is 1130. The molecule has 0 fully saturated rings. The molecule has 0 aliphatic rings. The number of benzene rings is 2. The number of ether oxygens (including phenoxy) is 3. The van der Waals surface area contributed by atoms with Gasteiger partial charge in [-0.2, -0.15) is 0 Å². The van der Waals surface area contributed by atoms with Gasteiger partial charge in [0.1, 0.15) is 11.6 Å². The van der Waals surface area contributed by atoms with Crippen molar-refractivity contribution < 1.29 is 32.6 Å². The smallest absolute Gasteiger partial charge is 0.310 e. The first kappa shape index (κ1) is 23.7. The van der Waals surface area contributed by atoms with Crippen LogP contribution in [0.4, 0.5) is 10.1 Å². The second-order valence-corrected chi connectivity index (χ2v) is 7.81. The molecule has 170 valence electrons. The summed E-state index contributed by atoms with van der Waals surface area (Å²) in [6, 6.07) is 8.13. The van der Waals surface area contributed by atoms with E-state index in [2.05, 4.69) is 15.9 Å². The van der Waals surface area contributed by atoms with E-state index >= 15 is 0 Å². The molecule has 2 aromatic carbocycles. The summed E-state index contributed by atoms with van der Waals surface area (Å²) < 4.78 is 36.4. The highest BCUT2D eigenvalue weighted by atomic mass is 79.9. The second kappa shape index (κ2) is 10.6. The number of fused-ring (bicyclic) bond motifs is 1. The van der Waals surface area contributed by atoms with Gasteiger partial charge in [0.2, 0.25) is 0 Å². The van der Waals surface area contributed by atoms with E-state index in [1.807, 2.05) is 0 Å². The number of carbonyl (C=O) groups is 2. The van der Waals surface area contributed by atoms with Crippen LogP contribution in [0.1, 0.15) is 22.8 Å². The van der Waals surface area contributed by atoms with Gasteiger partial charge in [-0.1, -0.05) is 12.1 Å². The van der Waals surface area contributed by atoms with Crippen molar-refractivity contribution in [2.45, 2.75) is 13.3 Å². The van der Waals surface area contributed by atoms with Gasteiger partial charge < -0.3 is 23.5 Å². The number of halogens is 2. The van der Waals surface area contributed by atoms with Crippen molar-refractivity contribution in [3.05, 3.63) is 58.0 Å². The van der Waals surface area contributed by atoms with E-state index in [0.717, 1.165) is 0 Å². The van der Waals surface area contributed by atoms with Crippen LogP contribution in [0.5, 0.6) is 5.75 Å². The summed E-state index contributed by atoms with van der Waals surface area (Å²) in [4.78, 5) is 26.6. The number of para-hydroxylation sites is 1. The number of ketones is 1. The molecule has 0 unspecified atom stereocenters. The van der Waals surface area contributed by atoms with Crippen LogP contribution < -0.4 is 9.64 Å². The lowest BCUT2D eigenvalue weighted by molar-refractivity contribution is -0.142. The molecule has 0 radical (unpaired) electrons. The van der Waals surface area contributed by atoms with Gasteiger partial charge >= 0.3 is 5.97 Å². The van der Waals surface area contributed by atoms with Gasteiger partial charge in [-0.25, -0.2) is 4.39 Å². The van der Waals surface area contributed by atoms with Gasteiger partial charge in [-0.05, 0) is 41.1 Å². The number of hydrogen-bond donors (Lipinski definition) is 0. The summed E-state index contributed by atoms with van der Waals surface area (Å²) in [5.74, 6) is -1.07. The molecule has 9 heteroatoms. The van der Waals surface area contributed by atoms with Crippen LogP contribution in [-0.2, 0) is 20.7 Å². The molecule has 1 heterocycles. The summed E-state index contributed by atoms with van der Waals surface area (Å²) in [6.45, 7) is 1.82. The van der Waals surface area contributed by atoms with E-state index in [9.17, 15) is 14.0 Å². The highest BCUT2D eigenvalue weighted by Gasteiger charge is 2.22. The lowest BCUT2D eigenvalue weighted by Crippen LogP contribution is -2.27. The maximum Gasteiger partial charge on any atom is 0.310 e. The predicted octanol–water partition coefficient (Wildman–Crippen LogP) is 4.74. The van der Waals surface area contributed by atoms with Crippen LogP contribution >= 0.6 is 15.9 Å². The van der Waals surface area contributed by atoms with Crippen LogP contribution in [0.2, 0.25) is 0 Å². The first-order valence-electron chi connectivity index (χ1n) is 9.86. The minimum atomic E-state index is -0.637. The third kappa shape index (κ3) is 5.11. The minimum absolute atomic E-state index is 0.00124. The molecule has 32 heavy (non-hydrogen) atoms. The minimum Gasteiger partial charge on any atom is -0.466 e. The molecule has 0 bridgehead atoms. The number of nitrogens with zero attached hydrogens (tertiary/aromatic N) is 1. The van der Waals surface area contributed by atoms with Crippen molar-refractivity contribution in [3.8, 4) is 5.75 Å². The van der Waals surface area contributed by atoms with Gasteiger partial charge in [0.05, 0.1) is 46.9 Å². The van der Waals surface area contributed by atoms with E-state index in [1.165, 1.54) is 25.5 Å². The van der Waals surface area contributed by atoms with Gasteiger partial charge in [-0.15, -0.1) is 0 Å². The lowest BCUT2D eigenvalue weighted by atomic mass is 10.1. The Labute approximate surface area is 193 Å². The van der Waals surface area contributed by atoms with Crippen LogP contribution in [-0.4, -0.2) is 45.9 Å². The van der Waals surface area contributed by atoms with Crippen molar-refractivity contribution in [2.75, 3.05) is 39.0 Å². The molecule has 0 N–H and O–H groups in total. The number of likely N-dealkylation sites (N-methyl/N-ethyl adjacent to an activating group) is 1. The molecule has 0 saturated heterocycles. The van der Waals surface area contributed by atoms with E-state index in [0.29, 0.717) is 27.1 Å². The van der Waals surface area contributed by atoms with Crippen LogP contribution in [0.25, 0.3) is 11.0 Å². The molecule has 3 rings (SSSR count). The molecule has 0 amide bonds.